The minimum Gasteiger partial charge on any atom is -0.309 e. The molecule has 0 unspecified atom stereocenters. The average Bonchev–Trinajstić information content (AvgIpc) is 3.72. The van der Waals surface area contributed by atoms with Crippen LogP contribution in [0.3, 0.4) is 0 Å². The van der Waals surface area contributed by atoms with Gasteiger partial charge in [-0.15, -0.1) is 0 Å². The van der Waals surface area contributed by atoms with Gasteiger partial charge in [-0.3, -0.25) is 15.7 Å². The molecule has 0 saturated heterocycles. The van der Waals surface area contributed by atoms with E-state index in [2.05, 4.69) is 140 Å². The number of nitrogens with one attached hydrogen (secondary N) is 2. The lowest BCUT2D eigenvalue weighted by molar-refractivity contribution is 0.660. The zero-order chi connectivity index (χ0) is 38.7. The molecule has 0 bridgehead atoms. The van der Waals surface area contributed by atoms with Crippen LogP contribution < -0.4 is 4.90 Å². The van der Waals surface area contributed by atoms with Crippen LogP contribution >= 0.6 is 0 Å². The van der Waals surface area contributed by atoms with E-state index in [0.717, 1.165) is 44.7 Å². The summed E-state index contributed by atoms with van der Waals surface area (Å²) < 4.78 is 2.37. The van der Waals surface area contributed by atoms with Crippen LogP contribution in [0.15, 0.2) is 194 Å². The minimum atomic E-state index is -0.0690. The summed E-state index contributed by atoms with van der Waals surface area (Å²) in [4.78, 5) is 1.71. The van der Waals surface area contributed by atoms with Crippen molar-refractivity contribution in [3.63, 3.8) is 0 Å². The number of nitrogens with zero attached hydrogens (tertiary/aromatic N) is 2. The molecule has 4 nitrogen and oxygen atoms in total. The molecule has 272 valence electrons. The lowest BCUT2D eigenvalue weighted by Gasteiger charge is -2.26. The largest absolute Gasteiger partial charge is 0.309 e. The second-order valence-electron chi connectivity index (χ2n) is 15.4. The predicted octanol–water partition coefficient (Wildman–Crippen LogP) is 13.3. The van der Waals surface area contributed by atoms with Gasteiger partial charge in [-0.1, -0.05) is 153 Å². The third-order valence-electron chi connectivity index (χ3n) is 11.7. The molecule has 4 heteroatoms. The van der Waals surface area contributed by atoms with Gasteiger partial charge >= 0.3 is 0 Å². The molecule has 57 heavy (non-hydrogen) atoms. The number of rotatable bonds is 6. The molecular formula is C53H40N4. The molecule has 10 rings (SSSR count). The Hall–Kier alpha value is -7.30. The van der Waals surface area contributed by atoms with Gasteiger partial charge in [0.15, 0.2) is 0 Å². The molecule has 2 N–H and O–H groups in total. The quantitative estimate of drug-likeness (QED) is 0.130. The highest BCUT2D eigenvalue weighted by molar-refractivity contribution is 6.27. The van der Waals surface area contributed by atoms with Crippen LogP contribution in [-0.4, -0.2) is 16.2 Å². The molecule has 0 saturated carbocycles. The normalized spacial score (nSPS) is 12.7. The van der Waals surface area contributed by atoms with Crippen molar-refractivity contribution in [2.24, 2.45) is 0 Å². The highest BCUT2D eigenvalue weighted by Crippen LogP contribution is 2.49. The zero-order valence-electron chi connectivity index (χ0n) is 31.9. The fourth-order valence-electron chi connectivity index (χ4n) is 8.74. The molecule has 1 heterocycles. The first-order valence-electron chi connectivity index (χ1n) is 19.4. The number of para-hydroxylation sites is 1. The van der Waals surface area contributed by atoms with Gasteiger partial charge in [0.2, 0.25) is 0 Å². The van der Waals surface area contributed by atoms with Gasteiger partial charge in [0.25, 0.3) is 0 Å². The minimum absolute atomic E-state index is 0.0690. The first kappa shape index (κ1) is 34.2. The Bertz CT molecular complexity index is 2940. The molecule has 1 aliphatic carbocycles. The molecule has 0 spiro atoms. The van der Waals surface area contributed by atoms with E-state index in [1.807, 2.05) is 72.8 Å². The molecule has 1 aliphatic rings. The summed E-state index contributed by atoms with van der Waals surface area (Å²) >= 11 is 0. The van der Waals surface area contributed by atoms with E-state index >= 15 is 0 Å². The number of fused-ring (bicyclic) bond motifs is 6. The summed E-state index contributed by atoms with van der Waals surface area (Å²) in [7, 11) is 0. The second-order valence-corrected chi connectivity index (χ2v) is 15.4. The summed E-state index contributed by atoms with van der Waals surface area (Å²) in [5.74, 6) is 0.499. The van der Waals surface area contributed by atoms with E-state index in [1.165, 1.54) is 44.2 Å². The Labute approximate surface area is 333 Å². The first-order valence-corrected chi connectivity index (χ1v) is 19.4. The van der Waals surface area contributed by atoms with Crippen molar-refractivity contribution in [1.29, 1.82) is 10.8 Å². The topological polar surface area (TPSA) is 55.9 Å². The van der Waals surface area contributed by atoms with E-state index in [9.17, 15) is 10.8 Å². The van der Waals surface area contributed by atoms with Crippen LogP contribution in [0.5, 0.6) is 0 Å². The van der Waals surface area contributed by atoms with E-state index in [0.29, 0.717) is 0 Å². The van der Waals surface area contributed by atoms with Crippen molar-refractivity contribution in [3.8, 4) is 39.1 Å². The Balaban J connectivity index is 1.07. The maximum atomic E-state index is 9.21. The molecule has 8 aromatic carbocycles. The molecule has 0 radical (unpaired) electrons. The van der Waals surface area contributed by atoms with Crippen LogP contribution in [0.1, 0.15) is 36.1 Å². The Morgan fingerprint density at radius 1 is 0.439 bits per heavy atom. The van der Waals surface area contributed by atoms with Gasteiger partial charge in [0.1, 0.15) is 11.7 Å². The van der Waals surface area contributed by atoms with Gasteiger partial charge in [0.05, 0.1) is 11.0 Å². The van der Waals surface area contributed by atoms with E-state index in [4.69, 9.17) is 0 Å². The number of aromatic nitrogens is 1. The summed E-state index contributed by atoms with van der Waals surface area (Å²) in [6.07, 6.45) is 0. The van der Waals surface area contributed by atoms with Crippen LogP contribution in [0, 0.1) is 10.8 Å². The Morgan fingerprint density at radius 2 is 0.895 bits per heavy atom. The Morgan fingerprint density at radius 3 is 1.49 bits per heavy atom. The van der Waals surface area contributed by atoms with Gasteiger partial charge in [-0.05, 0) is 99.1 Å². The van der Waals surface area contributed by atoms with Gasteiger partial charge in [-0.25, -0.2) is 0 Å². The molecule has 0 fully saturated rings. The van der Waals surface area contributed by atoms with E-state index in [1.54, 1.807) is 4.90 Å². The van der Waals surface area contributed by atoms with Crippen LogP contribution in [0.25, 0.3) is 60.9 Å². The molecule has 0 atom stereocenters. The van der Waals surface area contributed by atoms with Crippen molar-refractivity contribution in [2.45, 2.75) is 19.3 Å². The summed E-state index contributed by atoms with van der Waals surface area (Å²) in [5.41, 5.74) is 15.6. The first-order chi connectivity index (χ1) is 27.9. The predicted molar refractivity (Wildman–Crippen MR) is 238 cm³/mol. The smallest absolute Gasteiger partial charge is 0.138 e. The number of benzene rings is 8. The molecule has 1 aromatic heterocycles. The van der Waals surface area contributed by atoms with Gasteiger partial charge in [-0.2, -0.15) is 0 Å². The third-order valence-corrected chi connectivity index (χ3v) is 11.7. The standard InChI is InChI=1S/C53H40N4/c1-53(2)47-21-13-12-20-43(47)44-29-24-40(34-48(44)53)39-26-31-50-46(33-39)45-32-38(25-30-49(45)56(50)41-18-10-5-11-19-41)35-22-27-42(28-23-35)57(51(54)36-14-6-3-7-15-36)52(55)37-16-8-4-9-17-37/h3-34,54-55H,1-2H3. The van der Waals surface area contributed by atoms with E-state index < -0.39 is 0 Å². The van der Waals surface area contributed by atoms with Crippen molar-refractivity contribution in [3.05, 3.63) is 216 Å². The van der Waals surface area contributed by atoms with Crippen molar-refractivity contribution in [1.82, 2.24) is 4.57 Å². The van der Waals surface area contributed by atoms with Crippen LogP contribution in [0.2, 0.25) is 0 Å². The van der Waals surface area contributed by atoms with Crippen molar-refractivity contribution in [2.75, 3.05) is 4.90 Å². The number of hydrogen-bond acceptors (Lipinski definition) is 2. The number of amidine groups is 2. The Kier molecular flexibility index (Phi) is 8.08. The fraction of sp³-hybridized carbons (Fsp3) is 0.0566. The number of anilines is 1. The maximum Gasteiger partial charge on any atom is 0.138 e. The van der Waals surface area contributed by atoms with Crippen molar-refractivity contribution >= 4 is 39.2 Å². The monoisotopic (exact) mass is 732 g/mol. The van der Waals surface area contributed by atoms with Crippen LogP contribution in [-0.2, 0) is 5.41 Å². The van der Waals surface area contributed by atoms with E-state index in [-0.39, 0.29) is 17.1 Å². The zero-order valence-corrected chi connectivity index (χ0v) is 31.9. The summed E-state index contributed by atoms with van der Waals surface area (Å²) in [6.45, 7) is 4.68. The summed E-state index contributed by atoms with van der Waals surface area (Å²) in [6, 6.07) is 67.6. The third kappa shape index (κ3) is 5.68. The van der Waals surface area contributed by atoms with Crippen LogP contribution in [0.4, 0.5) is 5.69 Å². The summed E-state index contributed by atoms with van der Waals surface area (Å²) in [5, 5.41) is 20.8. The van der Waals surface area contributed by atoms with Crippen molar-refractivity contribution < 1.29 is 0 Å². The molecule has 9 aromatic rings. The molecule has 0 aliphatic heterocycles. The SMILES string of the molecule is CC1(C)c2ccccc2-c2ccc(-c3ccc4c(c3)c3cc(-c5ccc(N(C(=N)c6ccccc6)C(=N)c6ccccc6)cc5)ccc3n4-c3ccccc3)cc21. The lowest BCUT2D eigenvalue weighted by atomic mass is 9.81. The fourth-order valence-corrected chi connectivity index (χ4v) is 8.74. The van der Waals surface area contributed by atoms with Gasteiger partial charge in [0, 0.05) is 38.7 Å². The number of hydrogen-bond donors (Lipinski definition) is 2. The average molecular weight is 733 g/mol. The molecular weight excluding hydrogens is 693 g/mol. The maximum absolute atomic E-state index is 9.21. The second kappa shape index (κ2) is 13.5. The lowest BCUT2D eigenvalue weighted by Crippen LogP contribution is -2.37. The van der Waals surface area contributed by atoms with Gasteiger partial charge < -0.3 is 4.57 Å². The highest BCUT2D eigenvalue weighted by Gasteiger charge is 2.35. The molecule has 0 amide bonds. The highest BCUT2D eigenvalue weighted by atomic mass is 15.2.